The van der Waals surface area contributed by atoms with Gasteiger partial charge in [-0.1, -0.05) is 24.3 Å². The minimum Gasteiger partial charge on any atom is -0.497 e. The number of methoxy groups -OCH3 is 1. The van der Waals surface area contributed by atoms with Crippen molar-refractivity contribution in [3.05, 3.63) is 99.7 Å². The Morgan fingerprint density at radius 3 is 2.73 bits per heavy atom. The average molecular weight is 530 g/mol. The van der Waals surface area contributed by atoms with Crippen molar-refractivity contribution >= 4 is 29.1 Å². The Kier molecular flexibility index (Phi) is 6.74. The lowest BCUT2D eigenvalue weighted by atomic mass is 9.95. The molecule has 1 aliphatic heterocycles. The minimum atomic E-state index is -0.185. The number of nitrogens with zero attached hydrogens (tertiary/aromatic N) is 2. The summed E-state index contributed by atoms with van der Waals surface area (Å²) in [4.78, 5) is 18.7. The van der Waals surface area contributed by atoms with Crippen LogP contribution in [0.2, 0.25) is 0 Å². The van der Waals surface area contributed by atoms with Gasteiger partial charge in [-0.15, -0.1) is 23.1 Å². The van der Waals surface area contributed by atoms with E-state index in [1.807, 2.05) is 40.5 Å². The molecule has 1 aliphatic carbocycles. The molecular formula is C30H31N3O2S2. The molecule has 2 amide bonds. The number of urea groups is 1. The topological polar surface area (TPSA) is 46.5 Å². The van der Waals surface area contributed by atoms with E-state index >= 15 is 0 Å². The number of amides is 2. The lowest BCUT2D eigenvalue weighted by Crippen LogP contribution is -2.41. The SMILES string of the molecule is COc1cccc(CNC(=O)N2Cc3c(sc4c3CCCC4)-n3cccc3[C@@H]2c2ccc(SC)cc2)c1. The van der Waals surface area contributed by atoms with E-state index in [4.69, 9.17) is 4.74 Å². The van der Waals surface area contributed by atoms with Crippen LogP contribution in [0.25, 0.3) is 5.00 Å². The van der Waals surface area contributed by atoms with Gasteiger partial charge < -0.3 is 19.5 Å². The molecule has 0 spiro atoms. The molecule has 1 atom stereocenters. The summed E-state index contributed by atoms with van der Waals surface area (Å²) < 4.78 is 7.71. The maximum absolute atomic E-state index is 14.0. The van der Waals surface area contributed by atoms with E-state index in [2.05, 4.69) is 58.7 Å². The van der Waals surface area contributed by atoms with E-state index < -0.39 is 0 Å². The number of aryl methyl sites for hydroxylation is 1. The normalized spacial score (nSPS) is 16.4. The number of hydrogen-bond acceptors (Lipinski definition) is 4. The lowest BCUT2D eigenvalue weighted by molar-refractivity contribution is 0.180. The molecular weight excluding hydrogens is 498 g/mol. The maximum Gasteiger partial charge on any atom is 0.318 e. The highest BCUT2D eigenvalue weighted by molar-refractivity contribution is 7.98. The molecule has 0 fully saturated rings. The molecule has 5 nitrogen and oxygen atoms in total. The van der Waals surface area contributed by atoms with Crippen LogP contribution in [0, 0.1) is 0 Å². The number of carbonyl (C=O) groups is 1. The van der Waals surface area contributed by atoms with Crippen molar-refractivity contribution in [2.45, 2.75) is 49.7 Å². The first-order valence-corrected chi connectivity index (χ1v) is 14.8. The van der Waals surface area contributed by atoms with Gasteiger partial charge in [-0.25, -0.2) is 4.79 Å². The van der Waals surface area contributed by atoms with Gasteiger partial charge in [0.25, 0.3) is 0 Å². The summed E-state index contributed by atoms with van der Waals surface area (Å²) >= 11 is 3.65. The van der Waals surface area contributed by atoms with E-state index in [1.165, 1.54) is 38.7 Å². The summed E-state index contributed by atoms with van der Waals surface area (Å²) in [5.74, 6) is 0.792. The van der Waals surface area contributed by atoms with Crippen LogP contribution in [0.15, 0.2) is 71.8 Å². The van der Waals surface area contributed by atoms with Crippen molar-refractivity contribution in [3.8, 4) is 10.8 Å². The Hall–Kier alpha value is -3.16. The van der Waals surface area contributed by atoms with Crippen LogP contribution >= 0.6 is 23.1 Å². The first kappa shape index (κ1) is 24.2. The maximum atomic E-state index is 14.0. The predicted molar refractivity (Wildman–Crippen MR) is 151 cm³/mol. The van der Waals surface area contributed by atoms with Gasteiger partial charge in [0.2, 0.25) is 0 Å². The molecule has 0 unspecified atom stereocenters. The van der Waals surface area contributed by atoms with Gasteiger partial charge in [0.15, 0.2) is 0 Å². The number of hydrogen-bond donors (Lipinski definition) is 1. The molecule has 2 aromatic carbocycles. The van der Waals surface area contributed by atoms with Gasteiger partial charge in [-0.3, -0.25) is 0 Å². The first-order valence-electron chi connectivity index (χ1n) is 12.8. The third kappa shape index (κ3) is 4.55. The zero-order valence-corrected chi connectivity index (χ0v) is 22.8. The quantitative estimate of drug-likeness (QED) is 0.284. The van der Waals surface area contributed by atoms with Gasteiger partial charge in [-0.05, 0) is 85.0 Å². The summed E-state index contributed by atoms with van der Waals surface area (Å²) in [5.41, 5.74) is 6.05. The standard InChI is InChI=1S/C30H31N3O2S2/c1-35-22-8-5-7-20(17-22)18-31-30(34)33-19-25-24-9-3-4-11-27(24)37-29(25)32-16-6-10-26(32)28(33)21-12-14-23(36-2)15-13-21/h5-8,10,12-17,28H,3-4,9,11,18-19H2,1-2H3,(H,31,34)/t28-/m0/s1. The van der Waals surface area contributed by atoms with Crippen LogP contribution in [0.1, 0.15) is 51.7 Å². The monoisotopic (exact) mass is 529 g/mol. The summed E-state index contributed by atoms with van der Waals surface area (Å²) in [7, 11) is 1.66. The third-order valence-corrected chi connectivity index (χ3v) is 9.53. The molecule has 1 N–H and O–H groups in total. The van der Waals surface area contributed by atoms with E-state index in [9.17, 15) is 4.79 Å². The zero-order valence-electron chi connectivity index (χ0n) is 21.2. The average Bonchev–Trinajstić information content (AvgIpc) is 3.54. The van der Waals surface area contributed by atoms with Crippen LogP contribution in [0.3, 0.4) is 0 Å². The Morgan fingerprint density at radius 1 is 1.08 bits per heavy atom. The third-order valence-electron chi connectivity index (χ3n) is 7.45. The highest BCUT2D eigenvalue weighted by Crippen LogP contribution is 2.44. The molecule has 3 heterocycles. The Bertz CT molecular complexity index is 1420. The molecule has 0 radical (unpaired) electrons. The second-order valence-corrected chi connectivity index (χ2v) is 11.6. The Labute approximate surface area is 226 Å². The van der Waals surface area contributed by atoms with Crippen molar-refractivity contribution in [3.63, 3.8) is 0 Å². The van der Waals surface area contributed by atoms with E-state index in [0.29, 0.717) is 13.1 Å². The van der Waals surface area contributed by atoms with Gasteiger partial charge in [0.1, 0.15) is 10.8 Å². The van der Waals surface area contributed by atoms with Crippen molar-refractivity contribution in [1.29, 1.82) is 0 Å². The predicted octanol–water partition coefficient (Wildman–Crippen LogP) is 6.96. The van der Waals surface area contributed by atoms with Crippen molar-refractivity contribution in [1.82, 2.24) is 14.8 Å². The summed E-state index contributed by atoms with van der Waals surface area (Å²) in [6.07, 6.45) is 8.97. The molecule has 190 valence electrons. The first-order chi connectivity index (χ1) is 18.2. The summed E-state index contributed by atoms with van der Waals surface area (Å²) in [6, 6.07) is 20.6. The highest BCUT2D eigenvalue weighted by atomic mass is 32.2. The second-order valence-electron chi connectivity index (χ2n) is 9.61. The Morgan fingerprint density at radius 2 is 1.92 bits per heavy atom. The van der Waals surface area contributed by atoms with E-state index in [-0.39, 0.29) is 12.1 Å². The van der Waals surface area contributed by atoms with Crippen LogP contribution in [0.5, 0.6) is 5.75 Å². The number of rotatable bonds is 5. The smallest absolute Gasteiger partial charge is 0.318 e. The molecule has 7 heteroatoms. The van der Waals surface area contributed by atoms with Crippen LogP contribution in [-0.4, -0.2) is 28.9 Å². The number of fused-ring (bicyclic) bond motifs is 5. The molecule has 2 aliphatic rings. The van der Waals surface area contributed by atoms with Crippen molar-refractivity contribution in [2.24, 2.45) is 0 Å². The molecule has 0 saturated carbocycles. The van der Waals surface area contributed by atoms with Crippen LogP contribution in [-0.2, 0) is 25.9 Å². The Balaban J connectivity index is 1.41. The second kappa shape index (κ2) is 10.3. The molecule has 0 saturated heterocycles. The van der Waals surface area contributed by atoms with Crippen LogP contribution < -0.4 is 10.1 Å². The number of thioether (sulfide) groups is 1. The number of benzene rings is 2. The summed E-state index contributed by atoms with van der Waals surface area (Å²) in [6.45, 7) is 1.04. The fourth-order valence-electron chi connectivity index (χ4n) is 5.59. The van der Waals surface area contributed by atoms with E-state index in [0.717, 1.165) is 35.4 Å². The van der Waals surface area contributed by atoms with Gasteiger partial charge >= 0.3 is 6.03 Å². The van der Waals surface area contributed by atoms with Crippen molar-refractivity contribution in [2.75, 3.05) is 13.4 Å². The number of nitrogens with one attached hydrogen (secondary N) is 1. The zero-order chi connectivity index (χ0) is 25.4. The molecule has 2 aromatic heterocycles. The fourth-order valence-corrected chi connectivity index (χ4v) is 7.40. The number of aromatic nitrogens is 1. The summed E-state index contributed by atoms with van der Waals surface area (Å²) in [5, 5.41) is 4.50. The van der Waals surface area contributed by atoms with Crippen LogP contribution in [0.4, 0.5) is 4.79 Å². The molecule has 4 aromatic rings. The lowest BCUT2D eigenvalue weighted by Gasteiger charge is -2.31. The molecule has 37 heavy (non-hydrogen) atoms. The minimum absolute atomic E-state index is 0.0573. The molecule has 0 bridgehead atoms. The number of ether oxygens (including phenoxy) is 1. The number of carbonyl (C=O) groups excluding carboxylic acids is 1. The van der Waals surface area contributed by atoms with Gasteiger partial charge in [0.05, 0.1) is 25.4 Å². The van der Waals surface area contributed by atoms with E-state index in [1.54, 1.807) is 18.9 Å². The fraction of sp³-hybridized carbons (Fsp3) is 0.300. The largest absolute Gasteiger partial charge is 0.497 e. The van der Waals surface area contributed by atoms with Gasteiger partial charge in [-0.2, -0.15) is 0 Å². The number of thiophene rings is 1. The highest BCUT2D eigenvalue weighted by Gasteiger charge is 2.36. The molecule has 6 rings (SSSR count). The van der Waals surface area contributed by atoms with Gasteiger partial charge in [0, 0.05) is 28.1 Å². The van der Waals surface area contributed by atoms with Crippen molar-refractivity contribution < 1.29 is 9.53 Å².